The lowest BCUT2D eigenvalue weighted by Gasteiger charge is -2.26. The van der Waals surface area contributed by atoms with Crippen molar-refractivity contribution in [3.8, 4) is 0 Å². The molecule has 1 aromatic carbocycles. The van der Waals surface area contributed by atoms with Gasteiger partial charge < -0.3 is 5.32 Å². The Hall–Kier alpha value is -1.36. The lowest BCUT2D eigenvalue weighted by atomic mass is 9.87. The van der Waals surface area contributed by atoms with Crippen LogP contribution in [-0.2, 0) is 21.1 Å². The molecule has 5 heteroatoms. The Balaban J connectivity index is 1.61. The molecular weight excluding hydrogens is 286 g/mol. The molecule has 2 aliphatic rings. The molecule has 21 heavy (non-hydrogen) atoms. The Labute approximate surface area is 125 Å². The van der Waals surface area contributed by atoms with Crippen molar-refractivity contribution in [1.82, 2.24) is 5.32 Å². The Morgan fingerprint density at radius 1 is 1.24 bits per heavy atom. The fraction of sp³-hybridized carbons (Fsp3) is 0.562. The summed E-state index contributed by atoms with van der Waals surface area (Å²) < 4.78 is 22.9. The Bertz CT molecular complexity index is 639. The largest absolute Gasteiger partial charge is 0.349 e. The first kappa shape index (κ1) is 14.6. The van der Waals surface area contributed by atoms with Gasteiger partial charge in [0.25, 0.3) is 0 Å². The second-order valence-corrected chi connectivity index (χ2v) is 8.41. The van der Waals surface area contributed by atoms with Crippen LogP contribution in [0.5, 0.6) is 0 Å². The highest BCUT2D eigenvalue weighted by atomic mass is 32.2. The van der Waals surface area contributed by atoms with Gasteiger partial charge in [-0.15, -0.1) is 0 Å². The molecule has 1 N–H and O–H groups in total. The summed E-state index contributed by atoms with van der Waals surface area (Å²) in [6, 6.07) is 8.33. The molecule has 1 amide bonds. The zero-order valence-electron chi connectivity index (χ0n) is 12.0. The number of nitrogens with one attached hydrogen (secondary N) is 1. The molecule has 1 aliphatic heterocycles. The Morgan fingerprint density at radius 3 is 2.81 bits per heavy atom. The van der Waals surface area contributed by atoms with Crippen LogP contribution in [0.4, 0.5) is 0 Å². The number of benzene rings is 1. The van der Waals surface area contributed by atoms with E-state index in [0.29, 0.717) is 12.8 Å². The second-order valence-electron chi connectivity index (χ2n) is 6.18. The summed E-state index contributed by atoms with van der Waals surface area (Å²) in [5, 5.41) is 3.10. The first-order valence-corrected chi connectivity index (χ1v) is 9.43. The van der Waals surface area contributed by atoms with Gasteiger partial charge in [-0.05, 0) is 42.7 Å². The summed E-state index contributed by atoms with van der Waals surface area (Å²) in [6.07, 6.45) is 4.07. The second kappa shape index (κ2) is 5.79. The molecule has 1 aromatic rings. The molecule has 114 valence electrons. The molecule has 3 rings (SSSR count). The minimum atomic E-state index is -2.90. The Kier molecular flexibility index (Phi) is 4.02. The average molecular weight is 307 g/mol. The summed E-state index contributed by atoms with van der Waals surface area (Å²) >= 11 is 0. The van der Waals surface area contributed by atoms with Gasteiger partial charge in [0.2, 0.25) is 5.91 Å². The fourth-order valence-electron chi connectivity index (χ4n) is 3.45. The van der Waals surface area contributed by atoms with E-state index in [-0.39, 0.29) is 29.4 Å². The van der Waals surface area contributed by atoms with E-state index in [1.165, 1.54) is 11.1 Å². The summed E-state index contributed by atoms with van der Waals surface area (Å²) in [6.45, 7) is 0. The summed E-state index contributed by atoms with van der Waals surface area (Å²) in [7, 11) is -2.90. The molecule has 0 spiro atoms. The van der Waals surface area contributed by atoms with Gasteiger partial charge in [0, 0.05) is 6.42 Å². The van der Waals surface area contributed by atoms with Crippen molar-refractivity contribution in [2.45, 2.75) is 38.1 Å². The van der Waals surface area contributed by atoms with Crippen molar-refractivity contribution in [2.75, 3.05) is 11.5 Å². The molecule has 0 radical (unpaired) electrons. The number of rotatable bonds is 3. The van der Waals surface area contributed by atoms with Crippen LogP contribution >= 0.6 is 0 Å². The highest BCUT2D eigenvalue weighted by molar-refractivity contribution is 7.91. The lowest BCUT2D eigenvalue weighted by molar-refractivity contribution is -0.122. The predicted octanol–water partition coefficient (Wildman–Crippen LogP) is 2.00. The van der Waals surface area contributed by atoms with Crippen LogP contribution < -0.4 is 5.32 Å². The number of fused-ring (bicyclic) bond motifs is 1. The third-order valence-electron chi connectivity index (χ3n) is 4.51. The third-order valence-corrected chi connectivity index (χ3v) is 6.34. The number of aryl methyl sites for hydroxylation is 1. The summed E-state index contributed by atoms with van der Waals surface area (Å²) in [5.74, 6) is 0.381. The van der Waals surface area contributed by atoms with E-state index in [9.17, 15) is 13.2 Å². The molecule has 0 saturated carbocycles. The van der Waals surface area contributed by atoms with E-state index in [0.717, 1.165) is 19.3 Å². The molecule has 0 bridgehead atoms. The molecule has 4 nitrogen and oxygen atoms in total. The van der Waals surface area contributed by atoms with Gasteiger partial charge in [-0.2, -0.15) is 0 Å². The van der Waals surface area contributed by atoms with Crippen LogP contribution in [0.1, 0.15) is 42.9 Å². The number of sulfone groups is 1. The van der Waals surface area contributed by atoms with Crippen molar-refractivity contribution in [2.24, 2.45) is 5.92 Å². The standard InChI is InChI=1S/C16H21NO3S/c18-16(10-12-8-9-21(19,20)11-12)17-15-7-3-5-13-4-1-2-6-14(13)15/h1-2,4,6,12,15H,3,5,7-11H2,(H,17,18). The highest BCUT2D eigenvalue weighted by Gasteiger charge is 2.30. The zero-order valence-corrected chi connectivity index (χ0v) is 12.9. The topological polar surface area (TPSA) is 63.2 Å². The van der Waals surface area contributed by atoms with Gasteiger partial charge in [0.15, 0.2) is 9.84 Å². The minimum absolute atomic E-state index is 0.00571. The highest BCUT2D eigenvalue weighted by Crippen LogP contribution is 2.30. The quantitative estimate of drug-likeness (QED) is 0.929. The molecule has 1 heterocycles. The predicted molar refractivity (Wildman–Crippen MR) is 81.6 cm³/mol. The number of carbonyl (C=O) groups is 1. The van der Waals surface area contributed by atoms with Gasteiger partial charge in [0.05, 0.1) is 17.5 Å². The van der Waals surface area contributed by atoms with Crippen molar-refractivity contribution in [3.63, 3.8) is 0 Å². The van der Waals surface area contributed by atoms with Crippen LogP contribution in [0, 0.1) is 5.92 Å². The first-order chi connectivity index (χ1) is 10.0. The molecular formula is C16H21NO3S. The average Bonchev–Trinajstić information content (AvgIpc) is 2.78. The van der Waals surface area contributed by atoms with E-state index in [4.69, 9.17) is 0 Å². The molecule has 1 fully saturated rings. The van der Waals surface area contributed by atoms with Gasteiger partial charge in [-0.25, -0.2) is 8.42 Å². The van der Waals surface area contributed by atoms with Crippen molar-refractivity contribution < 1.29 is 13.2 Å². The molecule has 2 atom stereocenters. The number of carbonyl (C=O) groups excluding carboxylic acids is 1. The summed E-state index contributed by atoms with van der Waals surface area (Å²) in [5.41, 5.74) is 2.54. The van der Waals surface area contributed by atoms with Gasteiger partial charge in [-0.1, -0.05) is 24.3 Å². The summed E-state index contributed by atoms with van der Waals surface area (Å²) in [4.78, 5) is 12.2. The van der Waals surface area contributed by atoms with Crippen LogP contribution in [0.15, 0.2) is 24.3 Å². The normalized spacial score (nSPS) is 27.0. The smallest absolute Gasteiger partial charge is 0.220 e. The lowest BCUT2D eigenvalue weighted by Crippen LogP contribution is -2.32. The van der Waals surface area contributed by atoms with E-state index >= 15 is 0 Å². The van der Waals surface area contributed by atoms with Gasteiger partial charge in [0.1, 0.15) is 0 Å². The molecule has 2 unspecified atom stereocenters. The number of amides is 1. The van der Waals surface area contributed by atoms with Crippen molar-refractivity contribution >= 4 is 15.7 Å². The monoisotopic (exact) mass is 307 g/mol. The van der Waals surface area contributed by atoms with Gasteiger partial charge >= 0.3 is 0 Å². The maximum absolute atomic E-state index is 12.2. The SMILES string of the molecule is O=C(CC1CCS(=O)(=O)C1)NC1CCCc2ccccc21. The fourth-order valence-corrected chi connectivity index (χ4v) is 5.31. The van der Waals surface area contributed by atoms with E-state index in [1.54, 1.807) is 0 Å². The maximum atomic E-state index is 12.2. The van der Waals surface area contributed by atoms with Crippen molar-refractivity contribution in [3.05, 3.63) is 35.4 Å². The van der Waals surface area contributed by atoms with E-state index < -0.39 is 9.84 Å². The van der Waals surface area contributed by atoms with E-state index in [2.05, 4.69) is 17.4 Å². The van der Waals surface area contributed by atoms with Crippen LogP contribution in [0.25, 0.3) is 0 Å². The van der Waals surface area contributed by atoms with Crippen molar-refractivity contribution in [1.29, 1.82) is 0 Å². The minimum Gasteiger partial charge on any atom is -0.349 e. The van der Waals surface area contributed by atoms with Crippen LogP contribution in [-0.4, -0.2) is 25.8 Å². The third kappa shape index (κ3) is 3.46. The first-order valence-electron chi connectivity index (χ1n) is 7.61. The van der Waals surface area contributed by atoms with Crippen LogP contribution in [0.3, 0.4) is 0 Å². The van der Waals surface area contributed by atoms with Crippen LogP contribution in [0.2, 0.25) is 0 Å². The van der Waals surface area contributed by atoms with E-state index in [1.807, 2.05) is 12.1 Å². The Morgan fingerprint density at radius 2 is 2.05 bits per heavy atom. The number of hydrogen-bond donors (Lipinski definition) is 1. The zero-order chi connectivity index (χ0) is 14.9. The molecule has 1 aliphatic carbocycles. The molecule has 1 saturated heterocycles. The maximum Gasteiger partial charge on any atom is 0.220 e. The number of hydrogen-bond acceptors (Lipinski definition) is 3. The van der Waals surface area contributed by atoms with Gasteiger partial charge in [-0.3, -0.25) is 4.79 Å². The molecule has 0 aromatic heterocycles.